The zero-order valence-electron chi connectivity index (χ0n) is 11.9. The Morgan fingerprint density at radius 3 is 2.65 bits per heavy atom. The Bertz CT molecular complexity index is 598. The molecular formula is C13H20BrN3O2S. The van der Waals surface area contributed by atoms with E-state index in [9.17, 15) is 8.42 Å². The van der Waals surface area contributed by atoms with Gasteiger partial charge in [0.05, 0.1) is 0 Å². The molecular weight excluding hydrogens is 342 g/mol. The lowest BCUT2D eigenvalue weighted by molar-refractivity contribution is 0.400. The second-order valence-electron chi connectivity index (χ2n) is 5.63. The van der Waals surface area contributed by atoms with Gasteiger partial charge in [0.2, 0.25) is 10.0 Å². The Kier molecular flexibility index (Phi) is 4.41. The van der Waals surface area contributed by atoms with Crippen LogP contribution in [0.25, 0.3) is 0 Å². The minimum Gasteiger partial charge on any atom is -0.369 e. The van der Waals surface area contributed by atoms with Gasteiger partial charge in [0.25, 0.3) is 0 Å². The van der Waals surface area contributed by atoms with Crippen LogP contribution in [-0.4, -0.2) is 25.5 Å². The van der Waals surface area contributed by atoms with E-state index in [0.29, 0.717) is 22.8 Å². The molecule has 1 aromatic rings. The van der Waals surface area contributed by atoms with E-state index in [2.05, 4.69) is 31.0 Å². The number of nitrogens with one attached hydrogen (secondary N) is 2. The highest BCUT2D eigenvalue weighted by atomic mass is 79.9. The van der Waals surface area contributed by atoms with E-state index in [1.807, 2.05) is 20.8 Å². The molecule has 0 saturated heterocycles. The molecule has 0 aromatic carbocycles. The smallest absolute Gasteiger partial charge is 0.244 e. The number of nitrogens with zero attached hydrogens (tertiary/aromatic N) is 1. The van der Waals surface area contributed by atoms with Crippen LogP contribution in [0.3, 0.4) is 0 Å². The second kappa shape index (κ2) is 5.61. The van der Waals surface area contributed by atoms with Crippen LogP contribution >= 0.6 is 15.9 Å². The van der Waals surface area contributed by atoms with Crippen LogP contribution in [0.2, 0.25) is 0 Å². The van der Waals surface area contributed by atoms with Gasteiger partial charge in [0, 0.05) is 22.8 Å². The Morgan fingerprint density at radius 2 is 2.10 bits per heavy atom. The molecule has 0 radical (unpaired) electrons. The van der Waals surface area contributed by atoms with Crippen molar-refractivity contribution in [3.63, 3.8) is 0 Å². The molecule has 5 nitrogen and oxygen atoms in total. The van der Waals surface area contributed by atoms with Crippen molar-refractivity contribution in [3.8, 4) is 0 Å². The summed E-state index contributed by atoms with van der Waals surface area (Å²) in [4.78, 5) is 4.33. The van der Waals surface area contributed by atoms with Crippen LogP contribution in [0.15, 0.2) is 21.6 Å². The second-order valence-corrected chi connectivity index (χ2v) is 8.20. The maximum absolute atomic E-state index is 12.6. The molecule has 0 spiro atoms. The number of pyridine rings is 1. The molecule has 0 bridgehead atoms. The lowest BCUT2D eigenvalue weighted by Gasteiger charge is -2.26. The molecule has 1 aliphatic carbocycles. The predicted octanol–water partition coefficient (Wildman–Crippen LogP) is 2.74. The van der Waals surface area contributed by atoms with Crippen molar-refractivity contribution < 1.29 is 8.42 Å². The fourth-order valence-electron chi connectivity index (χ4n) is 2.22. The molecule has 2 N–H and O–H groups in total. The van der Waals surface area contributed by atoms with Crippen LogP contribution in [-0.2, 0) is 10.0 Å². The van der Waals surface area contributed by atoms with Crippen LogP contribution in [0.4, 0.5) is 5.82 Å². The van der Waals surface area contributed by atoms with Gasteiger partial charge in [-0.25, -0.2) is 18.1 Å². The Balaban J connectivity index is 2.35. The number of rotatable bonds is 6. The number of sulfonamides is 1. The summed E-state index contributed by atoms with van der Waals surface area (Å²) in [7, 11) is -3.60. The summed E-state index contributed by atoms with van der Waals surface area (Å²) in [5, 5.41) is 2.99. The van der Waals surface area contributed by atoms with Crippen LogP contribution in [0, 0.1) is 5.92 Å². The molecule has 1 heterocycles. The van der Waals surface area contributed by atoms with Crippen molar-refractivity contribution in [2.24, 2.45) is 5.92 Å². The number of hydrogen-bond acceptors (Lipinski definition) is 4. The van der Waals surface area contributed by atoms with Crippen LogP contribution < -0.4 is 10.0 Å². The maximum atomic E-state index is 12.6. The van der Waals surface area contributed by atoms with E-state index < -0.39 is 15.6 Å². The Labute approximate surface area is 128 Å². The van der Waals surface area contributed by atoms with Crippen LogP contribution in [0.1, 0.15) is 33.6 Å². The van der Waals surface area contributed by atoms with E-state index in [4.69, 9.17) is 0 Å². The minimum absolute atomic E-state index is 0.183. The molecule has 1 fully saturated rings. The lowest BCUT2D eigenvalue weighted by atomic mass is 10.0. The normalized spacial score (nSPS) is 16.2. The van der Waals surface area contributed by atoms with E-state index in [-0.39, 0.29) is 4.90 Å². The number of hydrogen-bond donors (Lipinski definition) is 2. The van der Waals surface area contributed by atoms with Gasteiger partial charge in [0.1, 0.15) is 10.7 Å². The van der Waals surface area contributed by atoms with Crippen molar-refractivity contribution in [3.05, 3.63) is 16.7 Å². The summed E-state index contributed by atoms with van der Waals surface area (Å²) in [6.07, 6.45) is 3.74. The largest absolute Gasteiger partial charge is 0.369 e. The summed E-state index contributed by atoms with van der Waals surface area (Å²) in [5.74, 6) is 0.801. The zero-order valence-corrected chi connectivity index (χ0v) is 14.3. The molecule has 7 heteroatoms. The Morgan fingerprint density at radius 1 is 1.45 bits per heavy atom. The van der Waals surface area contributed by atoms with E-state index >= 15 is 0 Å². The van der Waals surface area contributed by atoms with E-state index in [1.54, 1.807) is 12.3 Å². The fourth-order valence-corrected chi connectivity index (χ4v) is 4.33. The highest BCUT2D eigenvalue weighted by Gasteiger charge is 2.41. The molecule has 0 amide bonds. The first-order valence-electron chi connectivity index (χ1n) is 6.69. The lowest BCUT2D eigenvalue weighted by Crippen LogP contribution is -2.45. The molecule has 112 valence electrons. The van der Waals surface area contributed by atoms with Gasteiger partial charge in [-0.05, 0) is 61.5 Å². The first-order valence-corrected chi connectivity index (χ1v) is 8.97. The number of halogens is 1. The third kappa shape index (κ3) is 3.51. The fraction of sp³-hybridized carbons (Fsp3) is 0.615. The molecule has 1 saturated carbocycles. The minimum atomic E-state index is -3.60. The van der Waals surface area contributed by atoms with Gasteiger partial charge in [-0.15, -0.1) is 0 Å². The van der Waals surface area contributed by atoms with Crippen molar-refractivity contribution in [2.45, 2.75) is 44.0 Å². The molecule has 0 atom stereocenters. The van der Waals surface area contributed by atoms with E-state index in [0.717, 1.165) is 12.8 Å². The molecule has 0 aliphatic heterocycles. The predicted molar refractivity (Wildman–Crippen MR) is 83.2 cm³/mol. The molecule has 20 heavy (non-hydrogen) atoms. The van der Waals surface area contributed by atoms with E-state index in [1.165, 1.54) is 0 Å². The average molecular weight is 362 g/mol. The number of anilines is 1. The van der Waals surface area contributed by atoms with Crippen molar-refractivity contribution in [2.75, 3.05) is 11.9 Å². The number of aromatic nitrogens is 1. The third-order valence-electron chi connectivity index (χ3n) is 3.45. The third-order valence-corrected chi connectivity index (χ3v) is 5.57. The molecule has 2 rings (SSSR count). The van der Waals surface area contributed by atoms with Gasteiger partial charge < -0.3 is 5.32 Å². The topological polar surface area (TPSA) is 71.1 Å². The first-order chi connectivity index (χ1) is 9.26. The SMILES string of the molecule is CCNc1ncc(Br)cc1S(=O)(=O)NC(C)(C)C1CC1. The van der Waals surface area contributed by atoms with Crippen molar-refractivity contribution >= 4 is 31.8 Å². The standard InChI is InChI=1S/C13H20BrN3O2S/c1-4-15-12-11(7-10(14)8-16-12)20(18,19)17-13(2,3)9-5-6-9/h7-9,17H,4-6H2,1-3H3,(H,15,16). The van der Waals surface area contributed by atoms with Crippen molar-refractivity contribution in [1.29, 1.82) is 0 Å². The van der Waals surface area contributed by atoms with Crippen molar-refractivity contribution in [1.82, 2.24) is 9.71 Å². The highest BCUT2D eigenvalue weighted by Crippen LogP contribution is 2.40. The van der Waals surface area contributed by atoms with Gasteiger partial charge in [-0.2, -0.15) is 0 Å². The molecule has 0 unspecified atom stereocenters. The zero-order chi connectivity index (χ0) is 15.0. The van der Waals surface area contributed by atoms with Gasteiger partial charge in [-0.3, -0.25) is 0 Å². The van der Waals surface area contributed by atoms with Gasteiger partial charge in [0.15, 0.2) is 0 Å². The monoisotopic (exact) mass is 361 g/mol. The Hall–Kier alpha value is -0.660. The van der Waals surface area contributed by atoms with Gasteiger partial charge >= 0.3 is 0 Å². The molecule has 1 aliphatic rings. The average Bonchev–Trinajstić information content (AvgIpc) is 3.14. The summed E-state index contributed by atoms with van der Waals surface area (Å²) in [6, 6.07) is 1.58. The first kappa shape index (κ1) is 15.7. The molecule has 1 aromatic heterocycles. The maximum Gasteiger partial charge on any atom is 0.244 e. The highest BCUT2D eigenvalue weighted by molar-refractivity contribution is 9.10. The van der Waals surface area contributed by atoms with Gasteiger partial charge in [-0.1, -0.05) is 0 Å². The summed E-state index contributed by atoms with van der Waals surface area (Å²) < 4.78 is 28.7. The van der Waals surface area contributed by atoms with Crippen LogP contribution in [0.5, 0.6) is 0 Å². The summed E-state index contributed by atoms with van der Waals surface area (Å²) in [6.45, 7) is 6.38. The quantitative estimate of drug-likeness (QED) is 0.816. The summed E-state index contributed by atoms with van der Waals surface area (Å²) >= 11 is 3.28. The summed E-state index contributed by atoms with van der Waals surface area (Å²) in [5.41, 5.74) is -0.426.